The summed E-state index contributed by atoms with van der Waals surface area (Å²) in [5.41, 5.74) is 7.96. The van der Waals surface area contributed by atoms with Gasteiger partial charge in [0, 0.05) is 24.3 Å². The average molecular weight is 395 g/mol. The zero-order chi connectivity index (χ0) is 19.8. The van der Waals surface area contributed by atoms with Crippen LogP contribution in [0.1, 0.15) is 39.7 Å². The number of benzene rings is 1. The highest BCUT2D eigenvalue weighted by Gasteiger charge is 2.43. The van der Waals surface area contributed by atoms with E-state index >= 15 is 0 Å². The van der Waals surface area contributed by atoms with Gasteiger partial charge in [-0.3, -0.25) is 15.6 Å². The van der Waals surface area contributed by atoms with Crippen LogP contribution in [-0.2, 0) is 21.2 Å². The van der Waals surface area contributed by atoms with Crippen molar-refractivity contribution in [3.05, 3.63) is 29.8 Å². The summed E-state index contributed by atoms with van der Waals surface area (Å²) in [7, 11) is -3.68. The van der Waals surface area contributed by atoms with Crippen molar-refractivity contribution in [3.63, 3.8) is 0 Å². The zero-order valence-corrected chi connectivity index (χ0v) is 17.2. The maximum atomic E-state index is 13.3. The zero-order valence-electron chi connectivity index (χ0n) is 16.4. The maximum absolute atomic E-state index is 13.3. The van der Waals surface area contributed by atoms with E-state index in [0.717, 1.165) is 17.7 Å². The molecule has 2 heterocycles. The molecule has 150 valence electrons. The molecule has 0 aromatic heterocycles. The quantitative estimate of drug-likeness (QED) is 0.674. The van der Waals surface area contributed by atoms with Crippen molar-refractivity contribution in [1.29, 1.82) is 0 Å². The van der Waals surface area contributed by atoms with Gasteiger partial charge in [-0.25, -0.2) is 13.1 Å². The lowest BCUT2D eigenvalue weighted by atomic mass is 10.0. The predicted molar refractivity (Wildman–Crippen MR) is 107 cm³/mol. The Kier molecular flexibility index (Phi) is 5.90. The number of hydrazine groups is 1. The monoisotopic (exact) mass is 394 g/mol. The van der Waals surface area contributed by atoms with Crippen molar-refractivity contribution in [3.8, 4) is 0 Å². The van der Waals surface area contributed by atoms with E-state index in [1.165, 1.54) is 0 Å². The van der Waals surface area contributed by atoms with Crippen LogP contribution in [0.15, 0.2) is 24.3 Å². The van der Waals surface area contributed by atoms with Gasteiger partial charge in [-0.2, -0.15) is 0 Å². The van der Waals surface area contributed by atoms with Gasteiger partial charge in [0.2, 0.25) is 15.9 Å². The third-order valence-corrected chi connectivity index (χ3v) is 7.49. The molecule has 7 nitrogen and oxygen atoms in total. The number of carbonyl (C=O) groups is 1. The van der Waals surface area contributed by atoms with Crippen molar-refractivity contribution in [1.82, 2.24) is 15.6 Å². The Balaban J connectivity index is 1.83. The van der Waals surface area contributed by atoms with Gasteiger partial charge < -0.3 is 4.90 Å². The molecule has 8 heteroatoms. The number of hydrogen-bond acceptors (Lipinski definition) is 5. The molecular formula is C19H30N4O3S. The van der Waals surface area contributed by atoms with E-state index in [0.29, 0.717) is 13.0 Å². The number of para-hydroxylation sites is 1. The van der Waals surface area contributed by atoms with Crippen LogP contribution in [0.4, 0.5) is 5.69 Å². The van der Waals surface area contributed by atoms with Crippen LogP contribution >= 0.6 is 0 Å². The second-order valence-corrected chi connectivity index (χ2v) is 9.91. The van der Waals surface area contributed by atoms with Crippen LogP contribution in [0.2, 0.25) is 0 Å². The third-order valence-electron chi connectivity index (χ3n) is 5.35. The topological polar surface area (TPSA) is 90.5 Å². The lowest BCUT2D eigenvalue weighted by molar-refractivity contribution is -0.120. The number of anilines is 1. The van der Waals surface area contributed by atoms with E-state index in [2.05, 4.69) is 15.6 Å². The van der Waals surface area contributed by atoms with Gasteiger partial charge in [-0.15, -0.1) is 0 Å². The molecule has 0 bridgehead atoms. The van der Waals surface area contributed by atoms with Gasteiger partial charge in [0.05, 0.1) is 0 Å². The molecule has 1 saturated heterocycles. The van der Waals surface area contributed by atoms with Crippen molar-refractivity contribution >= 4 is 21.6 Å². The molecule has 0 aliphatic carbocycles. The average Bonchev–Trinajstić information content (AvgIpc) is 3.16. The molecule has 0 radical (unpaired) electrons. The molecule has 2 aliphatic heterocycles. The number of nitrogens with one attached hydrogen (secondary N) is 3. The van der Waals surface area contributed by atoms with E-state index in [-0.39, 0.29) is 23.9 Å². The van der Waals surface area contributed by atoms with Crippen LogP contribution in [0.5, 0.6) is 0 Å². The van der Waals surface area contributed by atoms with Crippen LogP contribution in [-0.4, -0.2) is 44.2 Å². The Morgan fingerprint density at radius 3 is 2.48 bits per heavy atom. The smallest absolute Gasteiger partial charge is 0.245 e. The minimum Gasteiger partial charge on any atom is -0.310 e. The van der Waals surface area contributed by atoms with Gasteiger partial charge >= 0.3 is 0 Å². The normalized spacial score (nSPS) is 26.4. The lowest BCUT2D eigenvalue weighted by Gasteiger charge is -2.28. The lowest BCUT2D eigenvalue weighted by Crippen LogP contribution is -2.54. The van der Waals surface area contributed by atoms with E-state index in [9.17, 15) is 13.2 Å². The van der Waals surface area contributed by atoms with E-state index in [4.69, 9.17) is 0 Å². The van der Waals surface area contributed by atoms with Crippen LogP contribution < -0.4 is 20.5 Å². The van der Waals surface area contributed by atoms with Gasteiger partial charge in [0.1, 0.15) is 11.3 Å². The Labute approximate surface area is 161 Å². The Bertz CT molecular complexity index is 786. The maximum Gasteiger partial charge on any atom is 0.245 e. The molecule has 1 aromatic rings. The highest BCUT2D eigenvalue weighted by atomic mass is 32.2. The summed E-state index contributed by atoms with van der Waals surface area (Å²) in [6.07, 6.45) is 1.26. The van der Waals surface area contributed by atoms with Gasteiger partial charge in [-0.05, 0) is 44.2 Å². The van der Waals surface area contributed by atoms with Crippen molar-refractivity contribution in [2.45, 2.75) is 63.9 Å². The number of carbonyl (C=O) groups excluding carboxylic acids is 1. The molecule has 1 aromatic carbocycles. The van der Waals surface area contributed by atoms with Crippen molar-refractivity contribution in [2.24, 2.45) is 5.92 Å². The SMILES string of the molecule is CC(C)C[C@@H](NS(=O)(=O)C1C(C)NNC1C)C(=O)N1CCc2ccccc21. The first-order valence-corrected chi connectivity index (χ1v) is 11.2. The molecular weight excluding hydrogens is 364 g/mol. The Morgan fingerprint density at radius 1 is 1.22 bits per heavy atom. The molecule has 1 amide bonds. The molecule has 1 fully saturated rings. The molecule has 0 spiro atoms. The molecule has 2 unspecified atom stereocenters. The summed E-state index contributed by atoms with van der Waals surface area (Å²) in [5.74, 6) is 0.0191. The number of nitrogens with zero attached hydrogens (tertiary/aromatic N) is 1. The highest BCUT2D eigenvalue weighted by molar-refractivity contribution is 7.90. The first-order valence-electron chi connectivity index (χ1n) is 9.62. The summed E-state index contributed by atoms with van der Waals surface area (Å²) in [5, 5.41) is -0.633. The van der Waals surface area contributed by atoms with E-state index in [1.54, 1.807) is 4.90 Å². The molecule has 27 heavy (non-hydrogen) atoms. The van der Waals surface area contributed by atoms with Crippen molar-refractivity contribution in [2.75, 3.05) is 11.4 Å². The second kappa shape index (κ2) is 7.87. The van der Waals surface area contributed by atoms with Crippen LogP contribution in [0.25, 0.3) is 0 Å². The molecule has 0 saturated carbocycles. The number of hydrogen-bond donors (Lipinski definition) is 3. The van der Waals surface area contributed by atoms with Crippen molar-refractivity contribution < 1.29 is 13.2 Å². The van der Waals surface area contributed by atoms with E-state index < -0.39 is 21.3 Å². The summed E-state index contributed by atoms with van der Waals surface area (Å²) in [6.45, 7) is 8.24. The number of rotatable bonds is 6. The molecule has 3 atom stereocenters. The largest absolute Gasteiger partial charge is 0.310 e. The minimum atomic E-state index is -3.68. The third kappa shape index (κ3) is 4.18. The van der Waals surface area contributed by atoms with Crippen LogP contribution in [0.3, 0.4) is 0 Å². The molecule has 2 aliphatic rings. The van der Waals surface area contributed by atoms with E-state index in [1.807, 2.05) is 52.0 Å². The van der Waals surface area contributed by atoms with Crippen LogP contribution in [0, 0.1) is 5.92 Å². The first-order chi connectivity index (χ1) is 12.7. The summed E-state index contributed by atoms with van der Waals surface area (Å²) in [6, 6.07) is 6.58. The summed E-state index contributed by atoms with van der Waals surface area (Å²) < 4.78 is 28.8. The number of fused-ring (bicyclic) bond motifs is 1. The Morgan fingerprint density at radius 2 is 1.85 bits per heavy atom. The summed E-state index contributed by atoms with van der Waals surface area (Å²) >= 11 is 0. The first kappa shape index (κ1) is 20.3. The molecule has 3 rings (SSSR count). The summed E-state index contributed by atoms with van der Waals surface area (Å²) in [4.78, 5) is 15.0. The fourth-order valence-electron chi connectivity index (χ4n) is 4.10. The van der Waals surface area contributed by atoms with Gasteiger partial charge in [0.15, 0.2) is 0 Å². The minimum absolute atomic E-state index is 0.170. The highest BCUT2D eigenvalue weighted by Crippen LogP contribution is 2.29. The molecule has 3 N–H and O–H groups in total. The Hall–Kier alpha value is -1.48. The fraction of sp³-hybridized carbons (Fsp3) is 0.632. The fourth-order valence-corrected chi connectivity index (χ4v) is 6.06. The standard InChI is InChI=1S/C19H30N4O3S/c1-12(2)11-16(22-27(25,26)18-13(3)20-21-14(18)4)19(24)23-10-9-15-7-5-6-8-17(15)23/h5-8,12-14,16,18,20-22H,9-11H2,1-4H3/t13?,14?,16-,18?/m1/s1. The number of amides is 1. The van der Waals surface area contributed by atoms with Gasteiger partial charge in [-0.1, -0.05) is 32.0 Å². The number of sulfonamides is 1. The predicted octanol–water partition coefficient (Wildman–Crippen LogP) is 1.16. The van der Waals surface area contributed by atoms with Gasteiger partial charge in [0.25, 0.3) is 0 Å². The second-order valence-electron chi connectivity index (χ2n) is 8.04.